The number of morpholine rings is 1. The second kappa shape index (κ2) is 8.01. The van der Waals surface area contributed by atoms with Crippen LogP contribution in [0.4, 0.5) is 0 Å². The molecule has 0 N–H and O–H groups in total. The van der Waals surface area contributed by atoms with E-state index < -0.39 is 0 Å². The normalized spacial score (nSPS) is 19.6. The monoisotopic (exact) mass is 443 g/mol. The molecule has 2 aliphatic rings. The predicted molar refractivity (Wildman–Crippen MR) is 114 cm³/mol. The highest BCUT2D eigenvalue weighted by molar-refractivity contribution is 7.20. The third kappa shape index (κ3) is 3.38. The van der Waals surface area contributed by atoms with Gasteiger partial charge in [0.1, 0.15) is 9.71 Å². The van der Waals surface area contributed by atoms with Crippen molar-refractivity contribution in [3.8, 4) is 0 Å². The van der Waals surface area contributed by atoms with Crippen LogP contribution in [0.1, 0.15) is 42.9 Å². The number of thiophene rings is 1. The highest BCUT2D eigenvalue weighted by atomic mass is 32.1. The summed E-state index contributed by atoms with van der Waals surface area (Å²) >= 11 is 2.60. The summed E-state index contributed by atoms with van der Waals surface area (Å²) in [4.78, 5) is 36.7. The molecule has 0 aromatic carbocycles. The van der Waals surface area contributed by atoms with E-state index in [0.29, 0.717) is 50.0 Å². The summed E-state index contributed by atoms with van der Waals surface area (Å²) in [7, 11) is 0. The first-order valence-electron chi connectivity index (χ1n) is 9.96. The average molecular weight is 444 g/mol. The lowest BCUT2D eigenvalue weighted by molar-refractivity contribution is 0.0305. The van der Waals surface area contributed by atoms with Crippen molar-refractivity contribution >= 4 is 44.9 Å². The van der Waals surface area contributed by atoms with Gasteiger partial charge in [-0.15, -0.1) is 16.4 Å². The highest BCUT2D eigenvalue weighted by Crippen LogP contribution is 2.40. The third-order valence-corrected chi connectivity index (χ3v) is 7.66. The zero-order chi connectivity index (χ0) is 20.7. The van der Waals surface area contributed by atoms with Crippen molar-refractivity contribution in [2.24, 2.45) is 0 Å². The van der Waals surface area contributed by atoms with Gasteiger partial charge in [0.2, 0.25) is 0 Å². The second-order valence-corrected chi connectivity index (χ2v) is 9.28. The molecule has 3 aromatic heterocycles. The minimum Gasteiger partial charge on any atom is -0.378 e. The van der Waals surface area contributed by atoms with Gasteiger partial charge in [-0.25, -0.2) is 4.98 Å². The van der Waals surface area contributed by atoms with Crippen LogP contribution in [0, 0.1) is 6.92 Å². The number of amides is 2. The van der Waals surface area contributed by atoms with E-state index in [4.69, 9.17) is 4.74 Å². The maximum absolute atomic E-state index is 13.4. The fourth-order valence-electron chi connectivity index (χ4n) is 4.18. The molecule has 1 unspecified atom stereocenters. The van der Waals surface area contributed by atoms with Crippen LogP contribution < -0.4 is 0 Å². The molecular weight excluding hydrogens is 422 g/mol. The first-order chi connectivity index (χ1) is 14.6. The van der Waals surface area contributed by atoms with Crippen molar-refractivity contribution < 1.29 is 14.3 Å². The fraction of sp³-hybridized carbons (Fsp3) is 0.450. The smallest absolute Gasteiger partial charge is 0.267 e. The minimum absolute atomic E-state index is 0.0243. The molecule has 2 aliphatic heterocycles. The predicted octanol–water partition coefficient (Wildman–Crippen LogP) is 2.56. The molecule has 3 aromatic rings. The zero-order valence-electron chi connectivity index (χ0n) is 16.5. The van der Waals surface area contributed by atoms with Crippen LogP contribution in [0.3, 0.4) is 0 Å². The number of carbonyl (C=O) groups is 2. The van der Waals surface area contributed by atoms with E-state index in [2.05, 4.69) is 14.6 Å². The Morgan fingerprint density at radius 2 is 1.93 bits per heavy atom. The molecule has 2 saturated heterocycles. The van der Waals surface area contributed by atoms with Crippen LogP contribution in [-0.2, 0) is 4.74 Å². The van der Waals surface area contributed by atoms with Crippen molar-refractivity contribution in [2.45, 2.75) is 19.3 Å². The van der Waals surface area contributed by atoms with Crippen LogP contribution in [0.2, 0.25) is 0 Å². The van der Waals surface area contributed by atoms with Gasteiger partial charge in [-0.1, -0.05) is 10.6 Å². The molecule has 1 atom stereocenters. The molecule has 30 heavy (non-hydrogen) atoms. The number of aryl methyl sites for hydroxylation is 1. The Kier molecular flexibility index (Phi) is 5.21. The Bertz CT molecular complexity index is 1110. The largest absolute Gasteiger partial charge is 0.378 e. The van der Waals surface area contributed by atoms with Crippen molar-refractivity contribution in [1.29, 1.82) is 0 Å². The molecule has 0 saturated carbocycles. The van der Waals surface area contributed by atoms with Crippen LogP contribution in [0.5, 0.6) is 0 Å². The van der Waals surface area contributed by atoms with Crippen LogP contribution >= 0.6 is 22.9 Å². The number of fused-ring (bicyclic) bond motifs is 1. The van der Waals surface area contributed by atoms with E-state index in [0.717, 1.165) is 38.6 Å². The summed E-state index contributed by atoms with van der Waals surface area (Å²) in [5.74, 6) is 0.125. The van der Waals surface area contributed by atoms with E-state index in [1.165, 1.54) is 11.3 Å². The number of ether oxygens (including phenoxy) is 1. The number of rotatable bonds is 3. The molecule has 0 spiro atoms. The molecule has 0 aliphatic carbocycles. The number of aromatic nitrogens is 3. The SMILES string of the molecule is Cc1nnsc1C(=O)N1CCC(c2c(C(=O)N3CCOCC3)sc3ncccc23)C1. The van der Waals surface area contributed by atoms with Crippen molar-refractivity contribution in [3.63, 3.8) is 0 Å². The van der Waals surface area contributed by atoms with E-state index in [1.54, 1.807) is 13.1 Å². The Balaban J connectivity index is 1.47. The van der Waals surface area contributed by atoms with Crippen LogP contribution in [0.25, 0.3) is 10.2 Å². The number of pyridine rings is 1. The highest BCUT2D eigenvalue weighted by Gasteiger charge is 2.35. The molecule has 5 heterocycles. The zero-order valence-corrected chi connectivity index (χ0v) is 18.2. The van der Waals surface area contributed by atoms with E-state index in [9.17, 15) is 9.59 Å². The standard InChI is InChI=1S/C20H21N5O3S2/c1-12-16(30-23-22-12)19(26)25-6-4-13(11-25)15-14-3-2-5-21-18(14)29-17(15)20(27)24-7-9-28-10-8-24/h2-3,5,13H,4,6-11H2,1H3. The second-order valence-electron chi connectivity index (χ2n) is 7.53. The van der Waals surface area contributed by atoms with Crippen molar-refractivity contribution in [1.82, 2.24) is 24.4 Å². The summed E-state index contributed by atoms with van der Waals surface area (Å²) in [6.07, 6.45) is 2.58. The maximum atomic E-state index is 13.4. The molecule has 5 rings (SSSR count). The fourth-order valence-corrected chi connectivity index (χ4v) is 6.00. The van der Waals surface area contributed by atoms with Gasteiger partial charge in [-0.05, 0) is 36.5 Å². The number of hydrogen-bond donors (Lipinski definition) is 0. The van der Waals surface area contributed by atoms with Gasteiger partial charge in [-0.3, -0.25) is 9.59 Å². The molecule has 2 amide bonds. The quantitative estimate of drug-likeness (QED) is 0.618. The molecule has 0 bridgehead atoms. The summed E-state index contributed by atoms with van der Waals surface area (Å²) in [6.45, 7) is 5.39. The van der Waals surface area contributed by atoms with E-state index in [-0.39, 0.29) is 17.7 Å². The van der Waals surface area contributed by atoms with E-state index in [1.807, 2.05) is 21.9 Å². The van der Waals surface area contributed by atoms with Gasteiger partial charge in [0.25, 0.3) is 11.8 Å². The first kappa shape index (κ1) is 19.5. The topological polar surface area (TPSA) is 88.5 Å². The molecule has 10 heteroatoms. The number of likely N-dealkylation sites (tertiary alicyclic amines) is 1. The lowest BCUT2D eigenvalue weighted by atomic mass is 9.95. The average Bonchev–Trinajstić information content (AvgIpc) is 3.51. The van der Waals surface area contributed by atoms with Gasteiger partial charge < -0.3 is 14.5 Å². The lowest BCUT2D eigenvalue weighted by Crippen LogP contribution is -2.40. The minimum atomic E-state index is -0.0243. The lowest BCUT2D eigenvalue weighted by Gasteiger charge is -2.27. The van der Waals surface area contributed by atoms with E-state index >= 15 is 0 Å². The molecule has 2 fully saturated rings. The summed E-state index contributed by atoms with van der Waals surface area (Å²) in [5.41, 5.74) is 1.70. The first-order valence-corrected chi connectivity index (χ1v) is 11.5. The number of carbonyl (C=O) groups excluding carboxylic acids is 2. The van der Waals surface area contributed by atoms with Gasteiger partial charge in [0.15, 0.2) is 0 Å². The third-order valence-electron chi connectivity index (χ3n) is 5.73. The van der Waals surface area contributed by atoms with Crippen LogP contribution in [-0.4, -0.2) is 75.6 Å². The summed E-state index contributed by atoms with van der Waals surface area (Å²) in [5, 5.41) is 4.98. The van der Waals surface area contributed by atoms with Crippen molar-refractivity contribution in [3.05, 3.63) is 39.3 Å². The number of nitrogens with zero attached hydrogens (tertiary/aromatic N) is 5. The molecule has 8 nitrogen and oxygen atoms in total. The Hall–Kier alpha value is -2.43. The summed E-state index contributed by atoms with van der Waals surface area (Å²) < 4.78 is 9.29. The Morgan fingerprint density at radius 1 is 1.13 bits per heavy atom. The van der Waals surface area contributed by atoms with Crippen LogP contribution in [0.15, 0.2) is 18.3 Å². The Morgan fingerprint density at radius 3 is 2.70 bits per heavy atom. The summed E-state index contributed by atoms with van der Waals surface area (Å²) in [6, 6.07) is 3.94. The Labute approximate surface area is 181 Å². The van der Waals surface area contributed by atoms with Gasteiger partial charge in [0.05, 0.1) is 23.8 Å². The van der Waals surface area contributed by atoms with Crippen molar-refractivity contribution in [2.75, 3.05) is 39.4 Å². The molecular formula is C20H21N5O3S2. The maximum Gasteiger partial charge on any atom is 0.267 e. The van der Waals surface area contributed by atoms with Gasteiger partial charge in [-0.2, -0.15) is 0 Å². The molecule has 0 radical (unpaired) electrons. The molecule has 156 valence electrons. The number of hydrogen-bond acceptors (Lipinski definition) is 8. The van der Waals surface area contributed by atoms with Gasteiger partial charge >= 0.3 is 0 Å². The van der Waals surface area contributed by atoms with Gasteiger partial charge in [0, 0.05) is 43.7 Å².